The van der Waals surface area contributed by atoms with Gasteiger partial charge in [-0.2, -0.15) is 0 Å². The van der Waals surface area contributed by atoms with Crippen molar-refractivity contribution >= 4 is 40.9 Å². The van der Waals surface area contributed by atoms with Crippen molar-refractivity contribution in [1.29, 1.82) is 0 Å². The normalized spacial score (nSPS) is 10.5. The number of carbonyl (C=O) groups excluding carboxylic acids is 2. The van der Waals surface area contributed by atoms with Gasteiger partial charge in [0.15, 0.2) is 5.82 Å². The average molecular weight is 417 g/mol. The van der Waals surface area contributed by atoms with Crippen molar-refractivity contribution in [2.75, 3.05) is 18.2 Å². The number of esters is 1. The highest BCUT2D eigenvalue weighted by Crippen LogP contribution is 2.24. The molecule has 144 valence electrons. The highest BCUT2D eigenvalue weighted by Gasteiger charge is 2.13. The minimum atomic E-state index is -0.508. The first-order valence-corrected chi connectivity index (χ1v) is 9.62. The number of thioether (sulfide) groups is 1. The lowest BCUT2D eigenvalue weighted by atomic mass is 10.1. The Labute approximate surface area is 170 Å². The van der Waals surface area contributed by atoms with E-state index in [1.807, 2.05) is 31.2 Å². The first-order valence-electron chi connectivity index (χ1n) is 8.26. The Morgan fingerprint density at radius 1 is 1.21 bits per heavy atom. The highest BCUT2D eigenvalue weighted by atomic mass is 35.5. The third-order valence-electron chi connectivity index (χ3n) is 3.78. The first-order chi connectivity index (χ1) is 13.5. The van der Waals surface area contributed by atoms with Crippen molar-refractivity contribution in [3.63, 3.8) is 0 Å². The average Bonchev–Trinajstić information content (AvgIpc) is 3.17. The molecule has 0 aliphatic heterocycles. The summed E-state index contributed by atoms with van der Waals surface area (Å²) in [6, 6.07) is 12.4. The maximum absolute atomic E-state index is 12.2. The Hall–Kier alpha value is -2.84. The van der Waals surface area contributed by atoms with Crippen LogP contribution in [0.25, 0.3) is 11.4 Å². The molecule has 0 aliphatic carbocycles. The summed E-state index contributed by atoms with van der Waals surface area (Å²) in [5, 5.41) is 10.4. The van der Waals surface area contributed by atoms with Gasteiger partial charge in [0.2, 0.25) is 11.1 Å². The number of aryl methyl sites for hydroxylation is 1. The molecule has 7 nitrogen and oxygen atoms in total. The zero-order valence-electron chi connectivity index (χ0n) is 15.2. The molecule has 0 atom stereocenters. The van der Waals surface area contributed by atoms with E-state index in [2.05, 4.69) is 25.2 Å². The van der Waals surface area contributed by atoms with Crippen LogP contribution >= 0.6 is 23.4 Å². The van der Waals surface area contributed by atoms with Crippen molar-refractivity contribution < 1.29 is 14.3 Å². The first kappa shape index (κ1) is 19.9. The molecule has 0 aliphatic rings. The maximum atomic E-state index is 12.2. The predicted octanol–water partition coefficient (Wildman–Crippen LogP) is 3.95. The van der Waals surface area contributed by atoms with Crippen molar-refractivity contribution in [2.45, 2.75) is 12.1 Å². The Morgan fingerprint density at radius 2 is 1.96 bits per heavy atom. The number of nitrogens with one attached hydrogen (secondary N) is 2. The highest BCUT2D eigenvalue weighted by molar-refractivity contribution is 7.99. The number of nitrogens with zero attached hydrogens (tertiary/aromatic N) is 2. The van der Waals surface area contributed by atoms with Gasteiger partial charge < -0.3 is 10.1 Å². The smallest absolute Gasteiger partial charge is 0.337 e. The Kier molecular flexibility index (Phi) is 6.33. The van der Waals surface area contributed by atoms with Crippen LogP contribution in [0.1, 0.15) is 15.9 Å². The van der Waals surface area contributed by atoms with Crippen LogP contribution < -0.4 is 5.32 Å². The topological polar surface area (TPSA) is 97.0 Å². The fraction of sp³-hybridized carbons (Fsp3) is 0.158. The molecule has 1 heterocycles. The number of hydrogen-bond acceptors (Lipinski definition) is 6. The molecule has 0 saturated carbocycles. The van der Waals surface area contributed by atoms with Crippen LogP contribution in [-0.2, 0) is 9.53 Å². The van der Waals surface area contributed by atoms with E-state index in [1.54, 1.807) is 0 Å². The third kappa shape index (κ3) is 4.90. The molecule has 3 aromatic rings. The lowest BCUT2D eigenvalue weighted by Crippen LogP contribution is -2.15. The Bertz CT molecular complexity index is 1000. The molecular weight excluding hydrogens is 400 g/mol. The molecule has 1 aromatic heterocycles. The van der Waals surface area contributed by atoms with E-state index in [0.717, 1.165) is 11.1 Å². The van der Waals surface area contributed by atoms with Gasteiger partial charge in [0, 0.05) is 5.56 Å². The number of ether oxygens (including phenoxy) is 1. The molecule has 28 heavy (non-hydrogen) atoms. The number of benzene rings is 2. The number of hydrogen-bond donors (Lipinski definition) is 2. The van der Waals surface area contributed by atoms with Crippen LogP contribution in [0.5, 0.6) is 0 Å². The lowest BCUT2D eigenvalue weighted by Gasteiger charge is -2.08. The molecule has 0 bridgehead atoms. The van der Waals surface area contributed by atoms with Gasteiger partial charge in [0.05, 0.1) is 29.1 Å². The van der Waals surface area contributed by atoms with Crippen molar-refractivity contribution in [3.05, 3.63) is 58.6 Å². The summed E-state index contributed by atoms with van der Waals surface area (Å²) in [5.74, 6) is -0.0810. The summed E-state index contributed by atoms with van der Waals surface area (Å²) in [7, 11) is 1.29. The summed E-state index contributed by atoms with van der Waals surface area (Å²) in [4.78, 5) is 28.2. The lowest BCUT2D eigenvalue weighted by molar-refractivity contribution is -0.113. The second kappa shape index (κ2) is 8.90. The summed E-state index contributed by atoms with van der Waals surface area (Å²) in [6.45, 7) is 2.01. The van der Waals surface area contributed by atoms with Crippen LogP contribution in [0.4, 0.5) is 5.69 Å². The number of aromatic nitrogens is 3. The molecule has 9 heteroatoms. The number of aromatic amines is 1. The van der Waals surface area contributed by atoms with E-state index in [1.165, 1.54) is 37.1 Å². The van der Waals surface area contributed by atoms with Gasteiger partial charge in [-0.3, -0.25) is 9.89 Å². The van der Waals surface area contributed by atoms with Crippen LogP contribution in [0.2, 0.25) is 5.02 Å². The molecule has 0 fully saturated rings. The zero-order valence-corrected chi connectivity index (χ0v) is 16.7. The molecular formula is C19H17ClN4O3S. The Morgan fingerprint density at radius 3 is 2.68 bits per heavy atom. The molecule has 0 radical (unpaired) electrons. The SMILES string of the molecule is COC(=O)c1ccc(Cl)c(NC(=O)CSc2n[nH]c(-c3ccc(C)cc3)n2)c1. The van der Waals surface area contributed by atoms with E-state index >= 15 is 0 Å². The summed E-state index contributed by atoms with van der Waals surface area (Å²) in [5.41, 5.74) is 2.71. The minimum absolute atomic E-state index is 0.0873. The molecule has 2 aromatic carbocycles. The van der Waals surface area contributed by atoms with Gasteiger partial charge >= 0.3 is 5.97 Å². The van der Waals surface area contributed by atoms with E-state index in [-0.39, 0.29) is 11.7 Å². The molecule has 0 unspecified atom stereocenters. The van der Waals surface area contributed by atoms with Gasteiger partial charge in [-0.1, -0.05) is 53.2 Å². The molecule has 2 N–H and O–H groups in total. The summed E-state index contributed by atoms with van der Waals surface area (Å²) >= 11 is 7.27. The second-order valence-electron chi connectivity index (χ2n) is 5.86. The number of rotatable bonds is 6. The van der Waals surface area contributed by atoms with Gasteiger partial charge in [-0.05, 0) is 25.1 Å². The number of methoxy groups -OCH3 is 1. The van der Waals surface area contributed by atoms with Crippen LogP contribution in [0, 0.1) is 6.92 Å². The quantitative estimate of drug-likeness (QED) is 0.466. The van der Waals surface area contributed by atoms with E-state index in [9.17, 15) is 9.59 Å². The Balaban J connectivity index is 1.61. The van der Waals surface area contributed by atoms with Crippen molar-refractivity contribution in [2.24, 2.45) is 0 Å². The second-order valence-corrected chi connectivity index (χ2v) is 7.21. The zero-order chi connectivity index (χ0) is 20.1. The molecule has 3 rings (SSSR count). The largest absolute Gasteiger partial charge is 0.465 e. The van der Waals surface area contributed by atoms with Gasteiger partial charge in [0.1, 0.15) is 0 Å². The van der Waals surface area contributed by atoms with Crippen molar-refractivity contribution in [3.8, 4) is 11.4 Å². The maximum Gasteiger partial charge on any atom is 0.337 e. The standard InChI is InChI=1S/C19H17ClN4O3S/c1-11-3-5-12(6-4-11)17-22-19(24-23-17)28-10-16(25)21-15-9-13(18(26)27-2)7-8-14(15)20/h3-9H,10H2,1-2H3,(H,21,25)(H,22,23,24). The minimum Gasteiger partial charge on any atom is -0.465 e. The third-order valence-corrected chi connectivity index (χ3v) is 4.96. The number of amides is 1. The number of halogens is 1. The number of carbonyl (C=O) groups is 2. The molecule has 0 saturated heterocycles. The number of H-pyrrole nitrogens is 1. The molecule has 0 spiro atoms. The molecule has 1 amide bonds. The van der Waals surface area contributed by atoms with Crippen molar-refractivity contribution in [1.82, 2.24) is 15.2 Å². The van der Waals surface area contributed by atoms with Gasteiger partial charge in [-0.15, -0.1) is 5.10 Å². The fourth-order valence-corrected chi connectivity index (χ4v) is 3.10. The van der Waals surface area contributed by atoms with Gasteiger partial charge in [0.25, 0.3) is 0 Å². The van der Waals surface area contributed by atoms with E-state index in [0.29, 0.717) is 27.3 Å². The van der Waals surface area contributed by atoms with Crippen LogP contribution in [0.15, 0.2) is 47.6 Å². The van der Waals surface area contributed by atoms with E-state index in [4.69, 9.17) is 11.6 Å². The van der Waals surface area contributed by atoms with Crippen LogP contribution in [-0.4, -0.2) is 39.9 Å². The fourth-order valence-electron chi connectivity index (χ4n) is 2.33. The summed E-state index contributed by atoms with van der Waals surface area (Å²) in [6.07, 6.45) is 0. The van der Waals surface area contributed by atoms with E-state index < -0.39 is 5.97 Å². The summed E-state index contributed by atoms with van der Waals surface area (Å²) < 4.78 is 4.67. The van der Waals surface area contributed by atoms with Gasteiger partial charge in [-0.25, -0.2) is 9.78 Å². The number of anilines is 1. The monoisotopic (exact) mass is 416 g/mol. The predicted molar refractivity (Wildman–Crippen MR) is 109 cm³/mol. The van der Waals surface area contributed by atoms with Crippen LogP contribution in [0.3, 0.4) is 0 Å².